The van der Waals surface area contributed by atoms with Gasteiger partial charge in [-0.2, -0.15) is 0 Å². The molecular weight excluding hydrogens is 220 g/mol. The maximum absolute atomic E-state index is 5.94. The third kappa shape index (κ3) is 6.60. The molecule has 0 rings (SSSR count). The molecule has 0 amide bonds. The van der Waals surface area contributed by atoms with Gasteiger partial charge in [0.15, 0.2) is 0 Å². The van der Waals surface area contributed by atoms with Crippen LogP contribution in [0.15, 0.2) is 0 Å². The molecule has 98 valence electrons. The van der Waals surface area contributed by atoms with E-state index in [0.717, 1.165) is 44.8 Å². The van der Waals surface area contributed by atoms with Gasteiger partial charge in [-0.15, -0.1) is 0 Å². The quantitative estimate of drug-likeness (QED) is 0.429. The van der Waals surface area contributed by atoms with E-state index >= 15 is 0 Å². The second-order valence-electron chi connectivity index (χ2n) is 3.82. The van der Waals surface area contributed by atoms with Crippen LogP contribution in [-0.2, 0) is 8.85 Å². The van der Waals surface area contributed by atoms with Gasteiger partial charge in [0.1, 0.15) is 0 Å². The summed E-state index contributed by atoms with van der Waals surface area (Å²) in [6.45, 7) is 10.3. The summed E-state index contributed by atoms with van der Waals surface area (Å²) >= 11 is 0. The molecule has 4 nitrogen and oxygen atoms in total. The number of nitrogens with one attached hydrogen (secondary N) is 1. The van der Waals surface area contributed by atoms with Crippen molar-refractivity contribution >= 4 is 8.56 Å². The van der Waals surface area contributed by atoms with E-state index in [1.54, 1.807) is 0 Å². The monoisotopic (exact) mass is 248 g/mol. The molecular formula is C11H28N2O2Si. The highest BCUT2D eigenvalue weighted by Gasteiger charge is 2.35. The Hall–Kier alpha value is 0.0569. The average molecular weight is 248 g/mol. The van der Waals surface area contributed by atoms with E-state index in [1.165, 1.54) is 0 Å². The summed E-state index contributed by atoms with van der Waals surface area (Å²) in [7, 11) is -1.95. The van der Waals surface area contributed by atoms with Gasteiger partial charge in [0, 0.05) is 32.3 Å². The van der Waals surface area contributed by atoms with Crippen LogP contribution in [0.4, 0.5) is 0 Å². The van der Waals surface area contributed by atoms with Crippen LogP contribution in [0.25, 0.3) is 0 Å². The van der Waals surface area contributed by atoms with Crippen LogP contribution >= 0.6 is 0 Å². The lowest BCUT2D eigenvalue weighted by atomic mass is 10.6. The molecule has 0 fully saturated rings. The number of hydrogen-bond acceptors (Lipinski definition) is 4. The first-order chi connectivity index (χ1) is 7.74. The molecule has 0 aliphatic heterocycles. The number of hydrogen-bond donors (Lipinski definition) is 2. The van der Waals surface area contributed by atoms with Crippen LogP contribution < -0.4 is 11.1 Å². The van der Waals surface area contributed by atoms with Crippen LogP contribution in [0.3, 0.4) is 0 Å². The number of nitrogens with two attached hydrogens (primary N) is 1. The van der Waals surface area contributed by atoms with Gasteiger partial charge in [0.05, 0.1) is 0 Å². The Labute approximate surface area is 101 Å². The summed E-state index contributed by atoms with van der Waals surface area (Å²) in [5.41, 5.74) is 5.44. The summed E-state index contributed by atoms with van der Waals surface area (Å²) in [5, 5.41) is 3.32. The SMILES string of the molecule is CCC[Si](CCNCCN)(OCC)OCC. The summed E-state index contributed by atoms with van der Waals surface area (Å²) in [6.07, 6.45) is 1.13. The highest BCUT2D eigenvalue weighted by atomic mass is 28.4. The molecule has 16 heavy (non-hydrogen) atoms. The first-order valence-corrected chi connectivity index (χ1v) is 8.66. The van der Waals surface area contributed by atoms with E-state index in [9.17, 15) is 0 Å². The molecule has 0 saturated carbocycles. The molecule has 0 unspecified atom stereocenters. The van der Waals surface area contributed by atoms with Crippen molar-refractivity contribution in [2.75, 3.05) is 32.8 Å². The summed E-state index contributed by atoms with van der Waals surface area (Å²) < 4.78 is 11.9. The van der Waals surface area contributed by atoms with Crippen LogP contribution in [-0.4, -0.2) is 41.4 Å². The van der Waals surface area contributed by atoms with E-state index in [0.29, 0.717) is 6.54 Å². The highest BCUT2D eigenvalue weighted by Crippen LogP contribution is 2.20. The van der Waals surface area contributed by atoms with Crippen molar-refractivity contribution in [1.82, 2.24) is 5.32 Å². The fourth-order valence-corrected chi connectivity index (χ4v) is 5.15. The molecule has 0 aliphatic rings. The van der Waals surface area contributed by atoms with Gasteiger partial charge in [-0.25, -0.2) is 0 Å². The second kappa shape index (κ2) is 10.2. The predicted molar refractivity (Wildman–Crippen MR) is 70.8 cm³/mol. The Bertz CT molecular complexity index is 142. The van der Waals surface area contributed by atoms with Gasteiger partial charge >= 0.3 is 8.56 Å². The largest absolute Gasteiger partial charge is 0.394 e. The van der Waals surface area contributed by atoms with Gasteiger partial charge in [0.25, 0.3) is 0 Å². The zero-order valence-electron chi connectivity index (χ0n) is 11.1. The molecule has 3 N–H and O–H groups in total. The smallest absolute Gasteiger partial charge is 0.339 e. The van der Waals surface area contributed by atoms with Crippen LogP contribution in [0.1, 0.15) is 27.2 Å². The van der Waals surface area contributed by atoms with E-state index < -0.39 is 8.56 Å². The van der Waals surface area contributed by atoms with E-state index in [4.69, 9.17) is 14.6 Å². The molecule has 5 heteroatoms. The van der Waals surface area contributed by atoms with E-state index in [-0.39, 0.29) is 0 Å². The third-order valence-electron chi connectivity index (χ3n) is 2.45. The Morgan fingerprint density at radius 1 is 1.00 bits per heavy atom. The molecule has 0 aromatic heterocycles. The van der Waals surface area contributed by atoms with Crippen LogP contribution in [0.2, 0.25) is 12.1 Å². The maximum atomic E-state index is 5.94. The van der Waals surface area contributed by atoms with Gasteiger partial charge in [-0.05, 0) is 26.4 Å². The molecule has 0 saturated heterocycles. The van der Waals surface area contributed by atoms with Crippen molar-refractivity contribution in [1.29, 1.82) is 0 Å². The first-order valence-electron chi connectivity index (χ1n) is 6.43. The van der Waals surface area contributed by atoms with Crippen molar-refractivity contribution in [3.63, 3.8) is 0 Å². The molecule has 0 heterocycles. The third-order valence-corrected chi connectivity index (χ3v) is 6.35. The fraction of sp³-hybridized carbons (Fsp3) is 1.00. The van der Waals surface area contributed by atoms with Gasteiger partial charge in [-0.1, -0.05) is 13.3 Å². The normalized spacial score (nSPS) is 12.0. The van der Waals surface area contributed by atoms with E-state index in [2.05, 4.69) is 12.2 Å². The Morgan fingerprint density at radius 3 is 2.06 bits per heavy atom. The Kier molecular flexibility index (Phi) is 10.3. The Balaban J connectivity index is 4.12. The standard InChI is InChI=1S/C11H28N2O2Si/c1-4-10-16(14-5-2,15-6-3)11-9-13-8-7-12/h13H,4-12H2,1-3H3. The van der Waals surface area contributed by atoms with Crippen molar-refractivity contribution in [2.45, 2.75) is 39.3 Å². The number of rotatable bonds is 11. The summed E-state index contributed by atoms with van der Waals surface area (Å²) in [4.78, 5) is 0. The fourth-order valence-electron chi connectivity index (χ4n) is 1.87. The molecule has 0 aliphatic carbocycles. The molecule has 0 spiro atoms. The molecule has 0 bridgehead atoms. The Morgan fingerprint density at radius 2 is 1.62 bits per heavy atom. The van der Waals surface area contributed by atoms with Gasteiger partial charge in [0.2, 0.25) is 0 Å². The minimum Gasteiger partial charge on any atom is -0.394 e. The molecule has 0 aromatic rings. The zero-order valence-corrected chi connectivity index (χ0v) is 12.1. The van der Waals surface area contributed by atoms with Crippen molar-refractivity contribution < 1.29 is 8.85 Å². The van der Waals surface area contributed by atoms with E-state index in [1.807, 2.05) is 13.8 Å². The molecule has 0 aromatic carbocycles. The molecule has 0 atom stereocenters. The lowest BCUT2D eigenvalue weighted by Gasteiger charge is -2.30. The van der Waals surface area contributed by atoms with Crippen molar-refractivity contribution in [3.05, 3.63) is 0 Å². The lowest BCUT2D eigenvalue weighted by Crippen LogP contribution is -2.44. The minimum absolute atomic E-state index is 0.686. The van der Waals surface area contributed by atoms with Crippen LogP contribution in [0.5, 0.6) is 0 Å². The first kappa shape index (κ1) is 16.1. The van der Waals surface area contributed by atoms with Crippen molar-refractivity contribution in [3.8, 4) is 0 Å². The topological polar surface area (TPSA) is 56.5 Å². The maximum Gasteiger partial charge on any atom is 0.339 e. The second-order valence-corrected chi connectivity index (χ2v) is 7.21. The highest BCUT2D eigenvalue weighted by molar-refractivity contribution is 6.67. The van der Waals surface area contributed by atoms with Crippen LogP contribution in [0, 0.1) is 0 Å². The zero-order chi connectivity index (χ0) is 12.3. The molecule has 0 radical (unpaired) electrons. The lowest BCUT2D eigenvalue weighted by molar-refractivity contribution is 0.182. The summed E-state index contributed by atoms with van der Waals surface area (Å²) in [6, 6.07) is 2.10. The van der Waals surface area contributed by atoms with Gasteiger partial charge in [-0.3, -0.25) is 0 Å². The average Bonchev–Trinajstić information content (AvgIpc) is 2.26. The predicted octanol–water partition coefficient (Wildman–Crippen LogP) is 1.46. The summed E-state index contributed by atoms with van der Waals surface area (Å²) in [5.74, 6) is 0. The van der Waals surface area contributed by atoms with Crippen molar-refractivity contribution in [2.24, 2.45) is 5.73 Å². The minimum atomic E-state index is -1.95. The van der Waals surface area contributed by atoms with Gasteiger partial charge < -0.3 is 19.9 Å².